The molecule has 1 aliphatic carbocycles. The van der Waals surface area contributed by atoms with Crippen molar-refractivity contribution in [2.24, 2.45) is 5.92 Å². The molecule has 0 aliphatic heterocycles. The zero-order chi connectivity index (χ0) is 13.8. The third-order valence-corrected chi connectivity index (χ3v) is 3.86. The van der Waals surface area contributed by atoms with Crippen molar-refractivity contribution in [3.05, 3.63) is 35.1 Å². The molecule has 0 unspecified atom stereocenters. The van der Waals surface area contributed by atoms with E-state index in [4.69, 9.17) is 5.11 Å². The van der Waals surface area contributed by atoms with E-state index >= 15 is 0 Å². The fourth-order valence-electron chi connectivity index (χ4n) is 2.54. The molecule has 4 heteroatoms. The largest absolute Gasteiger partial charge is 0.396 e. The van der Waals surface area contributed by atoms with Gasteiger partial charge in [0, 0.05) is 18.2 Å². The van der Waals surface area contributed by atoms with Crippen LogP contribution in [0, 0.1) is 18.7 Å². The number of hydrogen-bond donors (Lipinski definition) is 2. The van der Waals surface area contributed by atoms with Gasteiger partial charge in [-0.25, -0.2) is 4.39 Å². The fourth-order valence-corrected chi connectivity index (χ4v) is 2.54. The molecule has 1 saturated carbocycles. The van der Waals surface area contributed by atoms with Crippen LogP contribution in [0.25, 0.3) is 0 Å². The van der Waals surface area contributed by atoms with Crippen LogP contribution in [0.3, 0.4) is 0 Å². The van der Waals surface area contributed by atoms with Crippen molar-refractivity contribution in [2.45, 2.75) is 38.6 Å². The second-order valence-corrected chi connectivity index (χ2v) is 5.34. The first kappa shape index (κ1) is 14.0. The van der Waals surface area contributed by atoms with Crippen LogP contribution in [0.1, 0.15) is 41.6 Å². The van der Waals surface area contributed by atoms with Crippen LogP contribution >= 0.6 is 0 Å². The van der Waals surface area contributed by atoms with E-state index < -0.39 is 0 Å². The van der Waals surface area contributed by atoms with Gasteiger partial charge >= 0.3 is 0 Å². The highest BCUT2D eigenvalue weighted by Crippen LogP contribution is 2.24. The summed E-state index contributed by atoms with van der Waals surface area (Å²) in [4.78, 5) is 12.0. The van der Waals surface area contributed by atoms with E-state index in [1.807, 2.05) is 0 Å². The molecule has 2 N–H and O–H groups in total. The van der Waals surface area contributed by atoms with Crippen LogP contribution in [-0.4, -0.2) is 23.7 Å². The lowest BCUT2D eigenvalue weighted by Gasteiger charge is -2.28. The molecule has 0 atom stereocenters. The Morgan fingerprint density at radius 1 is 1.37 bits per heavy atom. The lowest BCUT2D eigenvalue weighted by Crippen LogP contribution is -2.38. The molecule has 1 amide bonds. The summed E-state index contributed by atoms with van der Waals surface area (Å²) < 4.78 is 13.1. The molecule has 0 aromatic heterocycles. The normalized spacial score (nSPS) is 23.1. The minimum absolute atomic E-state index is 0.143. The average molecular weight is 265 g/mol. The monoisotopic (exact) mass is 265 g/mol. The van der Waals surface area contributed by atoms with Crippen LogP contribution < -0.4 is 5.32 Å². The first-order valence-corrected chi connectivity index (χ1v) is 6.78. The number of hydrogen-bond acceptors (Lipinski definition) is 2. The Labute approximate surface area is 112 Å². The van der Waals surface area contributed by atoms with Gasteiger partial charge in [-0.3, -0.25) is 4.79 Å². The molecular weight excluding hydrogens is 245 g/mol. The molecule has 0 radical (unpaired) electrons. The topological polar surface area (TPSA) is 49.3 Å². The van der Waals surface area contributed by atoms with Crippen molar-refractivity contribution >= 4 is 5.91 Å². The molecule has 0 saturated heterocycles. The number of amides is 1. The summed E-state index contributed by atoms with van der Waals surface area (Å²) >= 11 is 0. The molecule has 1 aliphatic rings. The molecule has 0 heterocycles. The first-order chi connectivity index (χ1) is 9.10. The molecule has 1 fully saturated rings. The first-order valence-electron chi connectivity index (χ1n) is 6.78. The quantitative estimate of drug-likeness (QED) is 0.881. The number of rotatable bonds is 3. The summed E-state index contributed by atoms with van der Waals surface area (Å²) in [6, 6.07) is 4.58. The summed E-state index contributed by atoms with van der Waals surface area (Å²) in [6.07, 6.45) is 3.70. The van der Waals surface area contributed by atoms with Gasteiger partial charge in [0.15, 0.2) is 0 Å². The summed E-state index contributed by atoms with van der Waals surface area (Å²) in [6.45, 7) is 1.89. The van der Waals surface area contributed by atoms with Gasteiger partial charge in [0.2, 0.25) is 0 Å². The molecule has 0 spiro atoms. The summed E-state index contributed by atoms with van der Waals surface area (Å²) in [5.74, 6) is -0.0585. The van der Waals surface area contributed by atoms with Gasteiger partial charge in [0.1, 0.15) is 5.82 Å². The average Bonchev–Trinajstić information content (AvgIpc) is 2.42. The van der Waals surface area contributed by atoms with Crippen molar-refractivity contribution in [3.63, 3.8) is 0 Å². The Bertz CT molecular complexity index is 453. The summed E-state index contributed by atoms with van der Waals surface area (Å²) in [5.41, 5.74) is 0.986. The Morgan fingerprint density at radius 2 is 2.05 bits per heavy atom. The standard InChI is InChI=1S/C15H20FNO2/c1-10-8-12(4-7-14(10)16)15(19)17-13-5-2-11(9-18)3-6-13/h4,7-8,11,13,18H,2-3,5-6,9H2,1H3,(H,17,19). The molecule has 0 bridgehead atoms. The van der Waals surface area contributed by atoms with E-state index in [0.29, 0.717) is 17.0 Å². The molecular formula is C15H20FNO2. The molecule has 2 rings (SSSR count). The SMILES string of the molecule is Cc1cc(C(=O)NC2CCC(CO)CC2)ccc1F. The van der Waals surface area contributed by atoms with E-state index in [2.05, 4.69) is 5.32 Å². The molecule has 104 valence electrons. The van der Waals surface area contributed by atoms with Gasteiger partial charge in [-0.05, 0) is 62.3 Å². The molecule has 3 nitrogen and oxygen atoms in total. The maximum Gasteiger partial charge on any atom is 0.251 e. The van der Waals surface area contributed by atoms with Gasteiger partial charge in [-0.15, -0.1) is 0 Å². The maximum absolute atomic E-state index is 13.1. The number of benzene rings is 1. The predicted molar refractivity (Wildman–Crippen MR) is 71.4 cm³/mol. The van der Waals surface area contributed by atoms with Crippen molar-refractivity contribution in [3.8, 4) is 0 Å². The highest BCUT2D eigenvalue weighted by Gasteiger charge is 2.22. The Morgan fingerprint density at radius 3 is 2.63 bits per heavy atom. The smallest absolute Gasteiger partial charge is 0.251 e. The van der Waals surface area contributed by atoms with Gasteiger partial charge in [0.05, 0.1) is 0 Å². The number of halogens is 1. The zero-order valence-corrected chi connectivity index (χ0v) is 11.2. The van der Waals surface area contributed by atoms with E-state index in [1.54, 1.807) is 13.0 Å². The molecule has 1 aromatic carbocycles. The number of carbonyl (C=O) groups excluding carboxylic acids is 1. The van der Waals surface area contributed by atoms with Gasteiger partial charge in [-0.1, -0.05) is 0 Å². The van der Waals surface area contributed by atoms with Crippen molar-refractivity contribution < 1.29 is 14.3 Å². The number of nitrogens with one attached hydrogen (secondary N) is 1. The number of aryl methyl sites for hydroxylation is 1. The highest BCUT2D eigenvalue weighted by molar-refractivity contribution is 5.94. The van der Waals surface area contributed by atoms with Crippen molar-refractivity contribution in [2.75, 3.05) is 6.61 Å². The molecule has 19 heavy (non-hydrogen) atoms. The lowest BCUT2D eigenvalue weighted by atomic mass is 9.86. The van der Waals surface area contributed by atoms with Crippen LogP contribution in [0.5, 0.6) is 0 Å². The lowest BCUT2D eigenvalue weighted by molar-refractivity contribution is 0.0914. The second kappa shape index (κ2) is 6.15. The maximum atomic E-state index is 13.1. The van der Waals surface area contributed by atoms with Gasteiger partial charge < -0.3 is 10.4 Å². The fraction of sp³-hybridized carbons (Fsp3) is 0.533. The Kier molecular flexibility index (Phi) is 4.53. The van der Waals surface area contributed by atoms with Gasteiger partial charge in [0.25, 0.3) is 5.91 Å². The minimum Gasteiger partial charge on any atom is -0.396 e. The Hall–Kier alpha value is -1.42. The highest BCUT2D eigenvalue weighted by atomic mass is 19.1. The van der Waals surface area contributed by atoms with E-state index in [9.17, 15) is 9.18 Å². The summed E-state index contributed by atoms with van der Waals surface area (Å²) in [7, 11) is 0. The predicted octanol–water partition coefficient (Wildman–Crippen LogP) is 2.42. The van der Waals surface area contributed by atoms with Crippen LogP contribution in [0.15, 0.2) is 18.2 Å². The van der Waals surface area contributed by atoms with Crippen molar-refractivity contribution in [1.29, 1.82) is 0 Å². The van der Waals surface area contributed by atoms with Crippen LogP contribution in [0.4, 0.5) is 4.39 Å². The molecule has 1 aromatic rings. The van der Waals surface area contributed by atoms with Gasteiger partial charge in [-0.2, -0.15) is 0 Å². The van der Waals surface area contributed by atoms with E-state index in [1.165, 1.54) is 12.1 Å². The number of aliphatic hydroxyl groups is 1. The second-order valence-electron chi connectivity index (χ2n) is 5.34. The Balaban J connectivity index is 1.92. The number of aliphatic hydroxyl groups excluding tert-OH is 1. The summed E-state index contributed by atoms with van der Waals surface area (Å²) in [5, 5.41) is 12.1. The van der Waals surface area contributed by atoms with Crippen molar-refractivity contribution in [1.82, 2.24) is 5.32 Å². The zero-order valence-electron chi connectivity index (χ0n) is 11.2. The van der Waals surface area contributed by atoms with E-state index in [-0.39, 0.29) is 24.4 Å². The third-order valence-electron chi connectivity index (χ3n) is 3.86. The van der Waals surface area contributed by atoms with Crippen LogP contribution in [0.2, 0.25) is 0 Å². The van der Waals surface area contributed by atoms with Crippen LogP contribution in [-0.2, 0) is 0 Å². The van der Waals surface area contributed by atoms with E-state index in [0.717, 1.165) is 25.7 Å². The third kappa shape index (κ3) is 3.53. The number of carbonyl (C=O) groups is 1. The minimum atomic E-state index is -0.292.